The molecule has 2 aliphatic heterocycles. The fourth-order valence-electron chi connectivity index (χ4n) is 8.13. The largest absolute Gasteiger partial charge is 0.311 e. The van der Waals surface area contributed by atoms with E-state index in [1.807, 2.05) is 0 Å². The van der Waals surface area contributed by atoms with E-state index < -0.39 is 0 Å². The van der Waals surface area contributed by atoms with Gasteiger partial charge in [0.05, 0.1) is 5.69 Å². The standard InChI is InChI=1S/C47H49BN2/c1-30-26-42-44-43(27-30)50(39-17-13-15-31-14-11-12-16-36(31)39)41-25-21-34(47(8,9)10)29-38(41)48(44)37-28-33(46(5,6)7)20-24-40(37)49(42)35-22-18-32(19-23-35)45(2,3)4/h11-29H,1-10H3. The molecule has 8 rings (SSSR count). The van der Waals surface area contributed by atoms with Crippen molar-refractivity contribution >= 4 is 68.0 Å². The third-order valence-corrected chi connectivity index (χ3v) is 10.9. The molecule has 50 heavy (non-hydrogen) atoms. The summed E-state index contributed by atoms with van der Waals surface area (Å²) in [5.74, 6) is 0. The summed E-state index contributed by atoms with van der Waals surface area (Å²) in [5, 5.41) is 2.51. The summed E-state index contributed by atoms with van der Waals surface area (Å²) in [6, 6.07) is 44.2. The molecule has 0 saturated carbocycles. The van der Waals surface area contributed by atoms with Gasteiger partial charge in [-0.15, -0.1) is 0 Å². The van der Waals surface area contributed by atoms with Crippen LogP contribution in [0.2, 0.25) is 0 Å². The van der Waals surface area contributed by atoms with E-state index in [1.54, 1.807) is 0 Å². The van der Waals surface area contributed by atoms with Gasteiger partial charge in [-0.3, -0.25) is 0 Å². The number of anilines is 6. The second kappa shape index (κ2) is 11.1. The molecule has 0 fully saturated rings. The highest BCUT2D eigenvalue weighted by Gasteiger charge is 2.44. The number of hydrogen-bond acceptors (Lipinski definition) is 2. The summed E-state index contributed by atoms with van der Waals surface area (Å²) in [5.41, 5.74) is 17.0. The van der Waals surface area contributed by atoms with Crippen LogP contribution in [0.15, 0.2) is 115 Å². The van der Waals surface area contributed by atoms with Crippen molar-refractivity contribution in [2.75, 3.05) is 9.80 Å². The zero-order valence-corrected chi connectivity index (χ0v) is 31.4. The highest BCUT2D eigenvalue weighted by atomic mass is 15.2. The van der Waals surface area contributed by atoms with E-state index in [2.05, 4.69) is 194 Å². The summed E-state index contributed by atoms with van der Waals surface area (Å²) in [4.78, 5) is 5.10. The van der Waals surface area contributed by atoms with Crippen molar-refractivity contribution in [1.82, 2.24) is 0 Å². The number of nitrogens with zero attached hydrogens (tertiary/aromatic N) is 2. The van der Waals surface area contributed by atoms with Gasteiger partial charge in [0.1, 0.15) is 0 Å². The molecular formula is C47H49BN2. The normalized spacial score (nSPS) is 14.1. The van der Waals surface area contributed by atoms with E-state index >= 15 is 0 Å². The predicted octanol–water partition coefficient (Wildman–Crippen LogP) is 11.1. The molecule has 0 aliphatic carbocycles. The molecule has 3 heteroatoms. The van der Waals surface area contributed by atoms with Crippen molar-refractivity contribution in [3.05, 3.63) is 138 Å². The first-order valence-electron chi connectivity index (χ1n) is 18.2. The molecule has 0 saturated heterocycles. The van der Waals surface area contributed by atoms with Crippen molar-refractivity contribution < 1.29 is 0 Å². The van der Waals surface area contributed by atoms with Crippen molar-refractivity contribution in [3.63, 3.8) is 0 Å². The first-order chi connectivity index (χ1) is 23.6. The average Bonchev–Trinajstić information content (AvgIpc) is 3.06. The molecule has 0 bridgehead atoms. The Labute approximate surface area is 299 Å². The van der Waals surface area contributed by atoms with Gasteiger partial charge in [0.25, 0.3) is 6.71 Å². The lowest BCUT2D eigenvalue weighted by Crippen LogP contribution is -2.61. The van der Waals surface area contributed by atoms with Crippen molar-refractivity contribution in [2.24, 2.45) is 0 Å². The minimum Gasteiger partial charge on any atom is -0.311 e. The van der Waals surface area contributed by atoms with E-state index in [0.717, 1.165) is 0 Å². The van der Waals surface area contributed by atoms with E-state index in [4.69, 9.17) is 0 Å². The maximum absolute atomic E-state index is 2.56. The molecule has 6 aromatic carbocycles. The van der Waals surface area contributed by atoms with Gasteiger partial charge in [-0.1, -0.05) is 135 Å². The van der Waals surface area contributed by atoms with E-state index in [0.29, 0.717) is 0 Å². The number of rotatable bonds is 2. The molecule has 2 heterocycles. The van der Waals surface area contributed by atoms with Gasteiger partial charge >= 0.3 is 0 Å². The van der Waals surface area contributed by atoms with Gasteiger partial charge in [-0.25, -0.2) is 0 Å². The Hall–Kier alpha value is -4.76. The van der Waals surface area contributed by atoms with Crippen LogP contribution in [0.4, 0.5) is 34.1 Å². The van der Waals surface area contributed by atoms with E-state index in [-0.39, 0.29) is 23.0 Å². The van der Waals surface area contributed by atoms with E-state index in [9.17, 15) is 0 Å². The van der Waals surface area contributed by atoms with Crippen molar-refractivity contribution in [2.45, 2.75) is 85.5 Å². The van der Waals surface area contributed by atoms with Crippen LogP contribution in [-0.2, 0) is 16.2 Å². The Morgan fingerprint density at radius 2 is 0.940 bits per heavy atom. The van der Waals surface area contributed by atoms with Crippen LogP contribution >= 0.6 is 0 Å². The van der Waals surface area contributed by atoms with Crippen molar-refractivity contribution in [3.8, 4) is 0 Å². The zero-order chi connectivity index (χ0) is 35.3. The second-order valence-corrected chi connectivity index (χ2v) is 17.7. The van der Waals surface area contributed by atoms with Crippen LogP contribution in [0.1, 0.15) is 84.6 Å². The Morgan fingerprint density at radius 3 is 1.52 bits per heavy atom. The fraction of sp³-hybridized carbons (Fsp3) is 0.277. The summed E-state index contributed by atoms with van der Waals surface area (Å²) in [6.45, 7) is 23.2. The molecule has 0 spiro atoms. The van der Waals surface area contributed by atoms with Crippen LogP contribution < -0.4 is 26.2 Å². The molecule has 250 valence electrons. The topological polar surface area (TPSA) is 6.48 Å². The Balaban J connectivity index is 1.49. The molecule has 0 amide bonds. The SMILES string of the molecule is Cc1cc2c3c(c1)N(c1cccc4ccccc14)c1ccc(C(C)(C)C)cc1B3c1cc(C(C)(C)C)ccc1N2c1ccc(C(C)(C)C)cc1. The summed E-state index contributed by atoms with van der Waals surface area (Å²) >= 11 is 0. The smallest absolute Gasteiger partial charge is 0.252 e. The minimum atomic E-state index is 0.0152. The second-order valence-electron chi connectivity index (χ2n) is 17.7. The number of aryl methyl sites for hydroxylation is 1. The van der Waals surface area contributed by atoms with Crippen LogP contribution in [-0.4, -0.2) is 6.71 Å². The monoisotopic (exact) mass is 652 g/mol. The Morgan fingerprint density at radius 1 is 0.440 bits per heavy atom. The molecule has 0 unspecified atom stereocenters. The Kier molecular flexibility index (Phi) is 7.22. The number of benzene rings is 6. The lowest BCUT2D eigenvalue weighted by atomic mass is 9.33. The third kappa shape index (κ3) is 5.16. The van der Waals surface area contributed by atoms with Gasteiger partial charge < -0.3 is 9.80 Å². The molecule has 6 aromatic rings. The summed E-state index contributed by atoms with van der Waals surface area (Å²) < 4.78 is 0. The predicted molar refractivity (Wildman–Crippen MR) is 219 cm³/mol. The van der Waals surface area contributed by atoms with Crippen LogP contribution in [0.25, 0.3) is 10.8 Å². The third-order valence-electron chi connectivity index (χ3n) is 10.9. The van der Waals surface area contributed by atoms with Crippen LogP contribution in [0.3, 0.4) is 0 Å². The fourth-order valence-corrected chi connectivity index (χ4v) is 8.13. The minimum absolute atomic E-state index is 0.0152. The van der Waals surface area contributed by atoms with Crippen LogP contribution in [0.5, 0.6) is 0 Å². The average molecular weight is 653 g/mol. The first kappa shape index (κ1) is 32.4. The Bertz CT molecular complexity index is 2290. The lowest BCUT2D eigenvalue weighted by molar-refractivity contribution is 0.590. The van der Waals surface area contributed by atoms with Crippen molar-refractivity contribution in [1.29, 1.82) is 0 Å². The van der Waals surface area contributed by atoms with Gasteiger partial charge in [-0.2, -0.15) is 0 Å². The highest BCUT2D eigenvalue weighted by molar-refractivity contribution is 7.00. The summed E-state index contributed by atoms with van der Waals surface area (Å²) in [7, 11) is 0. The van der Waals surface area contributed by atoms with Crippen LogP contribution in [0, 0.1) is 6.92 Å². The van der Waals surface area contributed by atoms with Gasteiger partial charge in [0, 0.05) is 33.8 Å². The van der Waals surface area contributed by atoms with Gasteiger partial charge in [0.2, 0.25) is 0 Å². The van der Waals surface area contributed by atoms with E-state index in [1.165, 1.54) is 83.5 Å². The quantitative estimate of drug-likeness (QED) is 0.172. The number of hydrogen-bond donors (Lipinski definition) is 0. The molecule has 0 atom stereocenters. The zero-order valence-electron chi connectivity index (χ0n) is 31.4. The van der Waals surface area contributed by atoms with Gasteiger partial charge in [-0.05, 0) is 110 Å². The first-order valence-corrected chi connectivity index (χ1v) is 18.2. The molecule has 2 aliphatic rings. The van der Waals surface area contributed by atoms with Gasteiger partial charge in [0.15, 0.2) is 0 Å². The molecule has 0 N–H and O–H groups in total. The summed E-state index contributed by atoms with van der Waals surface area (Å²) in [6.07, 6.45) is 0. The molecule has 0 radical (unpaired) electrons. The molecule has 2 nitrogen and oxygen atoms in total. The highest BCUT2D eigenvalue weighted by Crippen LogP contribution is 2.47. The molecular weight excluding hydrogens is 603 g/mol. The number of fused-ring (bicyclic) bond motifs is 5. The molecule has 0 aromatic heterocycles. The maximum Gasteiger partial charge on any atom is 0.252 e. The maximum atomic E-state index is 2.56. The lowest BCUT2D eigenvalue weighted by Gasteiger charge is -2.45.